The molecule has 1 spiro atoms. The summed E-state index contributed by atoms with van der Waals surface area (Å²) in [5.41, 5.74) is 2.34. The Balaban J connectivity index is 1.20. The molecule has 3 heterocycles. The zero-order chi connectivity index (χ0) is 17.7. The minimum absolute atomic E-state index is 0.0952. The molecular formula is C18H24N6O2. The third kappa shape index (κ3) is 2.97. The summed E-state index contributed by atoms with van der Waals surface area (Å²) in [5.74, 6) is 1.05. The summed E-state index contributed by atoms with van der Waals surface area (Å²) in [6.07, 6.45) is 7.34. The number of rotatable bonds is 5. The van der Waals surface area contributed by atoms with Crippen LogP contribution in [0.15, 0.2) is 10.5 Å². The number of hydrogen-bond donors (Lipinski definition) is 2. The van der Waals surface area contributed by atoms with E-state index in [1.54, 1.807) is 0 Å². The van der Waals surface area contributed by atoms with Crippen LogP contribution in [-0.2, 0) is 4.79 Å². The van der Waals surface area contributed by atoms with Gasteiger partial charge in [0, 0.05) is 19.0 Å². The van der Waals surface area contributed by atoms with E-state index in [1.165, 1.54) is 25.7 Å². The van der Waals surface area contributed by atoms with E-state index in [9.17, 15) is 4.79 Å². The first-order chi connectivity index (χ1) is 12.6. The van der Waals surface area contributed by atoms with Crippen LogP contribution in [0, 0.1) is 5.41 Å². The summed E-state index contributed by atoms with van der Waals surface area (Å²) < 4.78 is 5.66. The lowest BCUT2D eigenvalue weighted by atomic mass is 9.93. The SMILES string of the molecule is C[C@@H](Nc1nnc(-c2cc(C3CC3)n[nH]2)o1)C(=O)N1CCC2(CC1)CC2. The highest BCUT2D eigenvalue weighted by Crippen LogP contribution is 2.53. The first-order valence-electron chi connectivity index (χ1n) is 9.56. The van der Waals surface area contributed by atoms with Gasteiger partial charge in [-0.15, -0.1) is 5.10 Å². The number of hydrogen-bond acceptors (Lipinski definition) is 6. The van der Waals surface area contributed by atoms with Crippen LogP contribution in [-0.4, -0.2) is 50.3 Å². The number of piperidine rings is 1. The number of nitrogens with one attached hydrogen (secondary N) is 2. The van der Waals surface area contributed by atoms with Gasteiger partial charge in [0.2, 0.25) is 5.91 Å². The van der Waals surface area contributed by atoms with Crippen molar-refractivity contribution in [3.63, 3.8) is 0 Å². The molecule has 5 rings (SSSR count). The molecule has 1 amide bonds. The molecule has 0 aromatic carbocycles. The topological polar surface area (TPSA) is 99.9 Å². The lowest BCUT2D eigenvalue weighted by molar-refractivity contribution is -0.133. The largest absolute Gasteiger partial charge is 0.402 e. The lowest BCUT2D eigenvalue weighted by Gasteiger charge is -2.33. The molecule has 138 valence electrons. The average molecular weight is 356 g/mol. The Morgan fingerprint density at radius 2 is 2.08 bits per heavy atom. The molecule has 2 aromatic rings. The molecular weight excluding hydrogens is 332 g/mol. The minimum Gasteiger partial charge on any atom is -0.402 e. The van der Waals surface area contributed by atoms with Gasteiger partial charge in [-0.1, -0.05) is 5.10 Å². The number of H-pyrrole nitrogens is 1. The Bertz CT molecular complexity index is 809. The van der Waals surface area contributed by atoms with Gasteiger partial charge in [-0.3, -0.25) is 9.89 Å². The Labute approximate surface area is 151 Å². The van der Waals surface area contributed by atoms with Crippen LogP contribution in [0.4, 0.5) is 6.01 Å². The predicted molar refractivity (Wildman–Crippen MR) is 94.4 cm³/mol. The number of amides is 1. The van der Waals surface area contributed by atoms with E-state index in [2.05, 4.69) is 25.7 Å². The highest BCUT2D eigenvalue weighted by Gasteiger charge is 2.45. The molecule has 8 nitrogen and oxygen atoms in total. The van der Waals surface area contributed by atoms with Gasteiger partial charge in [-0.05, 0) is 56.9 Å². The summed E-state index contributed by atoms with van der Waals surface area (Å²) in [6, 6.07) is 1.84. The highest BCUT2D eigenvalue weighted by molar-refractivity contribution is 5.83. The third-order valence-electron chi connectivity index (χ3n) is 6.05. The van der Waals surface area contributed by atoms with Crippen molar-refractivity contribution in [2.24, 2.45) is 5.41 Å². The second kappa shape index (κ2) is 5.82. The van der Waals surface area contributed by atoms with Crippen molar-refractivity contribution >= 4 is 11.9 Å². The van der Waals surface area contributed by atoms with Gasteiger partial charge >= 0.3 is 6.01 Å². The van der Waals surface area contributed by atoms with Crippen LogP contribution >= 0.6 is 0 Å². The quantitative estimate of drug-likeness (QED) is 0.854. The molecule has 1 atom stereocenters. The molecule has 1 aliphatic heterocycles. The number of anilines is 1. The summed E-state index contributed by atoms with van der Waals surface area (Å²) in [7, 11) is 0. The van der Waals surface area contributed by atoms with Crippen molar-refractivity contribution in [2.75, 3.05) is 18.4 Å². The van der Waals surface area contributed by atoms with Crippen molar-refractivity contribution in [3.8, 4) is 11.6 Å². The molecule has 2 saturated carbocycles. The van der Waals surface area contributed by atoms with Crippen LogP contribution in [0.25, 0.3) is 11.6 Å². The number of aromatic amines is 1. The number of carbonyl (C=O) groups is 1. The van der Waals surface area contributed by atoms with Gasteiger partial charge in [-0.2, -0.15) is 5.10 Å². The van der Waals surface area contributed by atoms with Gasteiger partial charge in [0.1, 0.15) is 11.7 Å². The fourth-order valence-corrected chi connectivity index (χ4v) is 3.82. The Morgan fingerprint density at radius 1 is 1.31 bits per heavy atom. The second-order valence-electron chi connectivity index (χ2n) is 8.08. The molecule has 3 fully saturated rings. The molecule has 26 heavy (non-hydrogen) atoms. The molecule has 2 N–H and O–H groups in total. The molecule has 0 bridgehead atoms. The fourth-order valence-electron chi connectivity index (χ4n) is 3.82. The maximum absolute atomic E-state index is 12.7. The van der Waals surface area contributed by atoms with Crippen LogP contribution in [0.1, 0.15) is 57.1 Å². The summed E-state index contributed by atoms with van der Waals surface area (Å²) in [6.45, 7) is 3.56. The monoisotopic (exact) mass is 356 g/mol. The summed E-state index contributed by atoms with van der Waals surface area (Å²) in [5, 5.41) is 18.4. The smallest absolute Gasteiger partial charge is 0.316 e. The zero-order valence-corrected chi connectivity index (χ0v) is 15.0. The van der Waals surface area contributed by atoms with E-state index in [4.69, 9.17) is 4.42 Å². The van der Waals surface area contributed by atoms with Gasteiger partial charge in [0.15, 0.2) is 0 Å². The van der Waals surface area contributed by atoms with Crippen molar-refractivity contribution < 1.29 is 9.21 Å². The van der Waals surface area contributed by atoms with Gasteiger partial charge in [0.05, 0.1) is 5.69 Å². The Kier molecular flexibility index (Phi) is 3.55. The van der Waals surface area contributed by atoms with Gasteiger partial charge < -0.3 is 14.6 Å². The number of nitrogens with zero attached hydrogens (tertiary/aromatic N) is 4. The van der Waals surface area contributed by atoms with Crippen LogP contribution in [0.3, 0.4) is 0 Å². The van der Waals surface area contributed by atoms with Crippen LogP contribution in [0.5, 0.6) is 0 Å². The van der Waals surface area contributed by atoms with Crippen LogP contribution < -0.4 is 5.32 Å². The second-order valence-corrected chi connectivity index (χ2v) is 8.08. The normalized spacial score (nSPS) is 22.4. The molecule has 0 radical (unpaired) electrons. The summed E-state index contributed by atoms with van der Waals surface area (Å²) in [4.78, 5) is 14.6. The van der Waals surface area contributed by atoms with E-state index in [-0.39, 0.29) is 18.0 Å². The van der Waals surface area contributed by atoms with Crippen molar-refractivity contribution in [1.29, 1.82) is 0 Å². The Morgan fingerprint density at radius 3 is 2.77 bits per heavy atom. The third-order valence-corrected chi connectivity index (χ3v) is 6.05. The maximum atomic E-state index is 12.7. The Hall–Kier alpha value is -2.38. The summed E-state index contributed by atoms with van der Waals surface area (Å²) >= 11 is 0. The number of aromatic nitrogens is 4. The predicted octanol–water partition coefficient (Wildman–Crippen LogP) is 2.54. The average Bonchev–Trinajstić information content (AvgIpc) is 3.54. The molecule has 0 unspecified atom stereocenters. The van der Waals surface area contributed by atoms with Gasteiger partial charge in [-0.25, -0.2) is 0 Å². The molecule has 8 heteroatoms. The molecule has 1 saturated heterocycles. The van der Waals surface area contributed by atoms with Crippen molar-refractivity contribution in [1.82, 2.24) is 25.3 Å². The minimum atomic E-state index is -0.389. The highest BCUT2D eigenvalue weighted by atomic mass is 16.4. The van der Waals surface area contributed by atoms with E-state index >= 15 is 0 Å². The molecule has 2 aromatic heterocycles. The van der Waals surface area contributed by atoms with Crippen LogP contribution in [0.2, 0.25) is 0 Å². The first kappa shape index (κ1) is 15.8. The van der Waals surface area contributed by atoms with E-state index < -0.39 is 0 Å². The van der Waals surface area contributed by atoms with Crippen molar-refractivity contribution in [3.05, 3.63) is 11.8 Å². The van der Waals surface area contributed by atoms with Gasteiger partial charge in [0.25, 0.3) is 5.89 Å². The molecule has 3 aliphatic rings. The maximum Gasteiger partial charge on any atom is 0.316 e. The standard InChI is InChI=1S/C18H24N6O2/c1-11(16(25)24-8-6-18(4-5-18)7-9-24)19-17-23-22-15(26-17)14-10-13(20-21-14)12-2-3-12/h10-12H,2-9H2,1H3,(H,19,23)(H,20,21)/t11-/m1/s1. The lowest BCUT2D eigenvalue weighted by Crippen LogP contribution is -2.45. The number of likely N-dealkylation sites (tertiary alicyclic amines) is 1. The number of carbonyl (C=O) groups excluding carboxylic acids is 1. The van der Waals surface area contributed by atoms with Crippen molar-refractivity contribution in [2.45, 2.75) is 57.4 Å². The molecule has 2 aliphatic carbocycles. The first-order valence-corrected chi connectivity index (χ1v) is 9.56. The van der Waals surface area contributed by atoms with E-state index in [1.807, 2.05) is 17.9 Å². The van der Waals surface area contributed by atoms with E-state index in [0.29, 0.717) is 17.2 Å². The zero-order valence-electron chi connectivity index (χ0n) is 15.0. The van der Waals surface area contributed by atoms with E-state index in [0.717, 1.165) is 37.3 Å². The fraction of sp³-hybridized carbons (Fsp3) is 0.667.